The molecule has 5 rings (SSSR count). The van der Waals surface area contributed by atoms with Gasteiger partial charge in [-0.25, -0.2) is 0 Å². The van der Waals surface area contributed by atoms with Crippen molar-refractivity contribution in [3.63, 3.8) is 0 Å². The van der Waals surface area contributed by atoms with Gasteiger partial charge in [-0.15, -0.1) is 11.8 Å². The van der Waals surface area contributed by atoms with Crippen molar-refractivity contribution in [3.8, 4) is 0 Å². The molecule has 1 unspecified atom stereocenters. The monoisotopic (exact) mass is 515 g/mol. The lowest BCUT2D eigenvalue weighted by atomic mass is 9.74. The van der Waals surface area contributed by atoms with E-state index in [1.54, 1.807) is 45.6 Å². The lowest BCUT2D eigenvalue weighted by Crippen LogP contribution is -2.53. The molecule has 186 valence electrons. The average Bonchev–Trinajstić information content (AvgIpc) is 3.09. The maximum Gasteiger partial charge on any atom is 0.251 e. The number of aliphatic hydroxyl groups excluding tert-OH is 1. The molecule has 4 heterocycles. The highest BCUT2D eigenvalue weighted by Crippen LogP contribution is 2.65. The number of anilines is 1. The van der Waals surface area contributed by atoms with Gasteiger partial charge in [0, 0.05) is 48.7 Å². The predicted octanol–water partition coefficient (Wildman–Crippen LogP) is 2.73. The molecule has 1 aromatic carbocycles. The SMILES string of the molecule is CN1CC=C[C@@]2(C)S[C@]34C=CCN(c5ccc(Cl)cc5)C(=O)C3N(CCCCO)C(=O)[C@@H]4[C@H]2C1=O. The molecule has 9 heteroatoms. The first-order valence-electron chi connectivity index (χ1n) is 12.0. The molecule has 0 aromatic heterocycles. The zero-order valence-corrected chi connectivity index (χ0v) is 21.5. The molecule has 1 aromatic rings. The number of carbonyl (C=O) groups is 3. The van der Waals surface area contributed by atoms with Crippen molar-refractivity contribution >= 4 is 46.8 Å². The molecule has 4 aliphatic rings. The van der Waals surface area contributed by atoms with E-state index in [-0.39, 0.29) is 24.3 Å². The Morgan fingerprint density at radius 1 is 1.00 bits per heavy atom. The van der Waals surface area contributed by atoms with Gasteiger partial charge >= 0.3 is 0 Å². The number of unbranched alkanes of at least 4 members (excludes halogenated alkanes) is 1. The van der Waals surface area contributed by atoms with Gasteiger partial charge in [0.25, 0.3) is 5.91 Å². The molecule has 7 nitrogen and oxygen atoms in total. The van der Waals surface area contributed by atoms with Gasteiger partial charge in [0.2, 0.25) is 11.8 Å². The molecule has 0 aliphatic carbocycles. The van der Waals surface area contributed by atoms with Gasteiger partial charge in [0.05, 0.1) is 16.6 Å². The topological polar surface area (TPSA) is 81.2 Å². The summed E-state index contributed by atoms with van der Waals surface area (Å²) >= 11 is 7.66. The Labute approximate surface area is 214 Å². The standard InChI is InChI=1S/C26H30ClN3O4S/c1-25-11-5-13-28(2)22(32)19(25)20-23(33)30(14-3-4-16-31)21-24(34)29(15-6-12-26(20,21)35-25)18-9-7-17(27)8-10-18/h5-12,19-21,31H,3-4,13-16H2,1-2H3/t19-,20-,21?,25+,26-/m0/s1. The van der Waals surface area contributed by atoms with Crippen molar-refractivity contribution in [1.29, 1.82) is 0 Å². The minimum absolute atomic E-state index is 0.0234. The third kappa shape index (κ3) is 3.72. The second-order valence-electron chi connectivity index (χ2n) is 9.91. The number of likely N-dealkylation sites (N-methyl/N-ethyl adjacent to an activating group) is 1. The Kier molecular flexibility index (Phi) is 6.26. The van der Waals surface area contributed by atoms with E-state index in [9.17, 15) is 19.5 Å². The van der Waals surface area contributed by atoms with E-state index in [0.717, 1.165) is 0 Å². The number of aliphatic hydroxyl groups is 1. The van der Waals surface area contributed by atoms with E-state index in [2.05, 4.69) is 6.08 Å². The fourth-order valence-electron chi connectivity index (χ4n) is 6.13. The summed E-state index contributed by atoms with van der Waals surface area (Å²) in [7, 11) is 1.76. The average molecular weight is 516 g/mol. The van der Waals surface area contributed by atoms with Crippen LogP contribution in [0, 0.1) is 11.8 Å². The van der Waals surface area contributed by atoms with E-state index < -0.39 is 27.4 Å². The quantitative estimate of drug-likeness (QED) is 0.482. The fourth-order valence-corrected chi connectivity index (χ4v) is 8.41. The van der Waals surface area contributed by atoms with Gasteiger partial charge in [-0.2, -0.15) is 0 Å². The van der Waals surface area contributed by atoms with Gasteiger partial charge in [-0.1, -0.05) is 35.9 Å². The maximum atomic E-state index is 14.2. The van der Waals surface area contributed by atoms with E-state index in [4.69, 9.17) is 11.6 Å². The first-order chi connectivity index (χ1) is 16.7. The largest absolute Gasteiger partial charge is 0.396 e. The zero-order chi connectivity index (χ0) is 25.0. The zero-order valence-electron chi connectivity index (χ0n) is 19.9. The molecule has 0 bridgehead atoms. The molecule has 35 heavy (non-hydrogen) atoms. The molecule has 2 saturated heterocycles. The van der Waals surface area contributed by atoms with Crippen molar-refractivity contribution in [2.24, 2.45) is 11.8 Å². The Balaban J connectivity index is 1.62. The summed E-state index contributed by atoms with van der Waals surface area (Å²) in [5.74, 6) is -1.57. The molecule has 2 fully saturated rings. The number of hydrogen-bond donors (Lipinski definition) is 1. The minimum atomic E-state index is -0.855. The van der Waals surface area contributed by atoms with Crippen molar-refractivity contribution < 1.29 is 19.5 Å². The lowest BCUT2D eigenvalue weighted by Gasteiger charge is -2.36. The lowest BCUT2D eigenvalue weighted by molar-refractivity contribution is -0.143. The van der Waals surface area contributed by atoms with Crippen LogP contribution in [0.3, 0.4) is 0 Å². The number of thioether (sulfide) groups is 1. The summed E-state index contributed by atoms with van der Waals surface area (Å²) < 4.78 is -1.45. The Hall–Kier alpha value is -2.29. The van der Waals surface area contributed by atoms with Crippen molar-refractivity contribution in [2.45, 2.75) is 35.3 Å². The van der Waals surface area contributed by atoms with Crippen molar-refractivity contribution in [2.75, 3.05) is 38.2 Å². The highest BCUT2D eigenvalue weighted by molar-refractivity contribution is 8.02. The van der Waals surface area contributed by atoms with Crippen LogP contribution in [0.2, 0.25) is 5.02 Å². The fraction of sp³-hybridized carbons (Fsp3) is 0.500. The van der Waals surface area contributed by atoms with E-state index in [1.165, 1.54) is 0 Å². The van der Waals surface area contributed by atoms with Gasteiger partial charge < -0.3 is 19.8 Å². The second-order valence-corrected chi connectivity index (χ2v) is 12.1. The molecule has 1 spiro atoms. The van der Waals surface area contributed by atoms with Crippen LogP contribution in [0.1, 0.15) is 19.8 Å². The van der Waals surface area contributed by atoms with Gasteiger partial charge in [-0.05, 0) is 44.0 Å². The van der Waals surface area contributed by atoms with Crippen LogP contribution in [0.5, 0.6) is 0 Å². The summed E-state index contributed by atoms with van der Waals surface area (Å²) in [5.41, 5.74) is 0.714. The molecule has 4 aliphatic heterocycles. The van der Waals surface area contributed by atoms with Crippen molar-refractivity contribution in [3.05, 3.63) is 53.6 Å². The van der Waals surface area contributed by atoms with Crippen LogP contribution in [0.25, 0.3) is 0 Å². The number of rotatable bonds is 5. The van der Waals surface area contributed by atoms with Crippen LogP contribution < -0.4 is 4.90 Å². The maximum absolute atomic E-state index is 14.2. The van der Waals surface area contributed by atoms with Crippen molar-refractivity contribution in [1.82, 2.24) is 9.80 Å². The van der Waals surface area contributed by atoms with Crippen LogP contribution in [0.15, 0.2) is 48.6 Å². The molecule has 3 amide bonds. The summed E-state index contributed by atoms with van der Waals surface area (Å²) in [5, 5.41) is 9.91. The normalized spacial score (nSPS) is 34.1. The first-order valence-corrected chi connectivity index (χ1v) is 13.2. The highest BCUT2D eigenvalue weighted by atomic mass is 35.5. The molecular weight excluding hydrogens is 486 g/mol. The number of carbonyl (C=O) groups excluding carboxylic acids is 3. The number of fused-ring (bicyclic) bond motifs is 2. The second kappa shape index (κ2) is 8.98. The summed E-state index contributed by atoms with van der Waals surface area (Å²) in [6.07, 6.45) is 9.15. The smallest absolute Gasteiger partial charge is 0.251 e. The van der Waals surface area contributed by atoms with Gasteiger partial charge in [-0.3, -0.25) is 14.4 Å². The Bertz CT molecular complexity index is 1110. The molecule has 5 atom stereocenters. The molecule has 0 saturated carbocycles. The first kappa shape index (κ1) is 24.4. The number of likely N-dealkylation sites (tertiary alicyclic amines) is 1. The van der Waals surface area contributed by atoms with E-state index in [0.29, 0.717) is 43.2 Å². The van der Waals surface area contributed by atoms with E-state index >= 15 is 0 Å². The van der Waals surface area contributed by atoms with Crippen LogP contribution >= 0.6 is 23.4 Å². The highest BCUT2D eigenvalue weighted by Gasteiger charge is 2.73. The summed E-state index contributed by atoms with van der Waals surface area (Å²) in [4.78, 5) is 47.0. The molecular formula is C26H30ClN3O4S. The third-order valence-electron chi connectivity index (χ3n) is 7.70. The van der Waals surface area contributed by atoms with E-state index in [1.807, 2.05) is 37.3 Å². The van der Waals surface area contributed by atoms with Gasteiger partial charge in [0.15, 0.2) is 0 Å². The number of hydrogen-bond acceptors (Lipinski definition) is 5. The van der Waals surface area contributed by atoms with Gasteiger partial charge in [0.1, 0.15) is 6.04 Å². The molecule has 0 radical (unpaired) electrons. The number of benzene rings is 1. The number of nitrogens with zero attached hydrogens (tertiary/aromatic N) is 3. The number of halogens is 1. The molecule has 1 N–H and O–H groups in total. The van der Waals surface area contributed by atoms with Crippen LogP contribution in [0.4, 0.5) is 5.69 Å². The summed E-state index contributed by atoms with van der Waals surface area (Å²) in [6.45, 7) is 3.28. The minimum Gasteiger partial charge on any atom is -0.396 e. The van der Waals surface area contributed by atoms with Crippen LogP contribution in [-0.4, -0.2) is 81.5 Å². The Morgan fingerprint density at radius 3 is 2.43 bits per heavy atom. The number of amides is 3. The third-order valence-corrected chi connectivity index (χ3v) is 9.75. The predicted molar refractivity (Wildman–Crippen MR) is 137 cm³/mol. The van der Waals surface area contributed by atoms with Crippen LogP contribution in [-0.2, 0) is 14.4 Å². The Morgan fingerprint density at radius 2 is 1.71 bits per heavy atom. The summed E-state index contributed by atoms with van der Waals surface area (Å²) in [6, 6.07) is 6.38.